The topological polar surface area (TPSA) is 70.1 Å². The molecule has 6 nitrogen and oxygen atoms in total. The van der Waals surface area contributed by atoms with Gasteiger partial charge in [-0.15, -0.1) is 0 Å². The third-order valence-electron chi connectivity index (χ3n) is 4.77. The summed E-state index contributed by atoms with van der Waals surface area (Å²) in [5, 5.41) is 9.19. The van der Waals surface area contributed by atoms with E-state index in [-0.39, 0.29) is 31.1 Å². The quantitative estimate of drug-likeness (QED) is 0.888. The first kappa shape index (κ1) is 16.8. The fourth-order valence-corrected chi connectivity index (χ4v) is 3.53. The monoisotopic (exact) mass is 332 g/mol. The lowest BCUT2D eigenvalue weighted by Crippen LogP contribution is -2.46. The second-order valence-corrected chi connectivity index (χ2v) is 6.30. The fraction of sp³-hybridized carbons (Fsp3) is 0.556. The molecule has 24 heavy (non-hydrogen) atoms. The summed E-state index contributed by atoms with van der Waals surface area (Å²) in [4.78, 5) is 28.3. The van der Waals surface area contributed by atoms with Gasteiger partial charge in [0.25, 0.3) is 5.91 Å². The first-order chi connectivity index (χ1) is 11.7. The molecule has 6 heteroatoms. The van der Waals surface area contributed by atoms with Crippen molar-refractivity contribution in [2.45, 2.75) is 38.1 Å². The lowest BCUT2D eigenvalue weighted by molar-refractivity contribution is -0.135. The van der Waals surface area contributed by atoms with E-state index in [1.165, 1.54) is 0 Å². The van der Waals surface area contributed by atoms with E-state index in [1.54, 1.807) is 4.90 Å². The van der Waals surface area contributed by atoms with Crippen molar-refractivity contribution in [1.29, 1.82) is 0 Å². The van der Waals surface area contributed by atoms with Crippen molar-refractivity contribution in [3.63, 3.8) is 0 Å². The Hall–Kier alpha value is -2.08. The number of hydrogen-bond donors (Lipinski definition) is 1. The van der Waals surface area contributed by atoms with Crippen molar-refractivity contribution in [2.75, 3.05) is 31.2 Å². The Labute approximate surface area is 142 Å². The standard InChI is InChI=1S/C18H24N2O4/c21-12-9-14-5-3-4-10-19(14)17(22)8-11-20-15-6-1-2-7-16(15)24-13-18(20)23/h1-2,6-7,14,21H,3-5,8-13H2. The van der Waals surface area contributed by atoms with E-state index in [9.17, 15) is 14.7 Å². The molecule has 2 amide bonds. The molecule has 1 saturated heterocycles. The number of carbonyl (C=O) groups excluding carboxylic acids is 2. The number of carbonyl (C=O) groups is 2. The van der Waals surface area contributed by atoms with Gasteiger partial charge < -0.3 is 19.6 Å². The highest BCUT2D eigenvalue weighted by Gasteiger charge is 2.29. The van der Waals surface area contributed by atoms with Gasteiger partial charge in [-0.25, -0.2) is 0 Å². The van der Waals surface area contributed by atoms with E-state index in [1.807, 2.05) is 29.2 Å². The van der Waals surface area contributed by atoms with Crippen LogP contribution in [0.1, 0.15) is 32.1 Å². The highest BCUT2D eigenvalue weighted by Crippen LogP contribution is 2.31. The van der Waals surface area contributed by atoms with E-state index in [0.29, 0.717) is 25.1 Å². The SMILES string of the molecule is O=C1COc2ccccc2N1CCC(=O)N1CCCCC1CCO. The summed E-state index contributed by atoms with van der Waals surface area (Å²) in [5.41, 5.74) is 0.729. The predicted molar refractivity (Wildman–Crippen MR) is 90.0 cm³/mol. The summed E-state index contributed by atoms with van der Waals surface area (Å²) < 4.78 is 5.42. The maximum Gasteiger partial charge on any atom is 0.265 e. The van der Waals surface area contributed by atoms with Crippen LogP contribution in [0.5, 0.6) is 5.75 Å². The van der Waals surface area contributed by atoms with Crippen LogP contribution in [0, 0.1) is 0 Å². The van der Waals surface area contributed by atoms with Crippen LogP contribution < -0.4 is 9.64 Å². The number of nitrogens with zero attached hydrogens (tertiary/aromatic N) is 2. The maximum absolute atomic E-state index is 12.6. The number of aliphatic hydroxyl groups is 1. The number of amides is 2. The van der Waals surface area contributed by atoms with Gasteiger partial charge in [0.2, 0.25) is 5.91 Å². The molecule has 2 aliphatic rings. The van der Waals surface area contributed by atoms with Crippen LogP contribution in [0.25, 0.3) is 0 Å². The van der Waals surface area contributed by atoms with Crippen LogP contribution >= 0.6 is 0 Å². The van der Waals surface area contributed by atoms with Crippen molar-refractivity contribution >= 4 is 17.5 Å². The summed E-state index contributed by atoms with van der Waals surface area (Å²) >= 11 is 0. The van der Waals surface area contributed by atoms with Crippen LogP contribution in [0.4, 0.5) is 5.69 Å². The van der Waals surface area contributed by atoms with Crippen LogP contribution in [-0.4, -0.2) is 54.2 Å². The second-order valence-electron chi connectivity index (χ2n) is 6.30. The predicted octanol–water partition coefficient (Wildman–Crippen LogP) is 1.57. The van der Waals surface area contributed by atoms with E-state index in [0.717, 1.165) is 31.5 Å². The average Bonchev–Trinajstić information content (AvgIpc) is 2.61. The van der Waals surface area contributed by atoms with Gasteiger partial charge >= 0.3 is 0 Å². The van der Waals surface area contributed by atoms with Gasteiger partial charge in [-0.1, -0.05) is 12.1 Å². The molecular formula is C18H24N2O4. The number of benzene rings is 1. The van der Waals surface area contributed by atoms with Crippen LogP contribution in [0.15, 0.2) is 24.3 Å². The lowest BCUT2D eigenvalue weighted by atomic mass is 9.99. The summed E-state index contributed by atoms with van der Waals surface area (Å²) in [6.07, 6.45) is 3.98. The molecule has 1 atom stereocenters. The van der Waals surface area contributed by atoms with Crippen LogP contribution in [0.3, 0.4) is 0 Å². The third-order valence-corrected chi connectivity index (χ3v) is 4.77. The fourth-order valence-electron chi connectivity index (χ4n) is 3.53. The number of anilines is 1. The molecule has 1 aromatic rings. The number of ether oxygens (including phenoxy) is 1. The molecule has 0 aromatic heterocycles. The normalized spacial score (nSPS) is 20.5. The molecule has 3 rings (SSSR count). The number of fused-ring (bicyclic) bond motifs is 1. The first-order valence-corrected chi connectivity index (χ1v) is 8.63. The third kappa shape index (κ3) is 3.53. The van der Waals surface area contributed by atoms with E-state index in [2.05, 4.69) is 0 Å². The molecular weight excluding hydrogens is 308 g/mol. The molecule has 2 heterocycles. The van der Waals surface area contributed by atoms with Gasteiger partial charge in [-0.2, -0.15) is 0 Å². The van der Waals surface area contributed by atoms with Crippen molar-refractivity contribution in [3.8, 4) is 5.75 Å². The first-order valence-electron chi connectivity index (χ1n) is 8.63. The zero-order chi connectivity index (χ0) is 16.9. The van der Waals surface area contributed by atoms with Gasteiger partial charge in [0.1, 0.15) is 5.75 Å². The van der Waals surface area contributed by atoms with Gasteiger partial charge in [0.05, 0.1) is 5.69 Å². The van der Waals surface area contributed by atoms with E-state index in [4.69, 9.17) is 4.74 Å². The van der Waals surface area contributed by atoms with Gasteiger partial charge in [-0.05, 0) is 37.8 Å². The highest BCUT2D eigenvalue weighted by atomic mass is 16.5. The molecule has 0 aliphatic carbocycles. The lowest BCUT2D eigenvalue weighted by Gasteiger charge is -2.36. The number of rotatable bonds is 5. The zero-order valence-electron chi connectivity index (χ0n) is 13.8. The van der Waals surface area contributed by atoms with E-state index < -0.39 is 0 Å². The Morgan fingerprint density at radius 1 is 1.29 bits per heavy atom. The average molecular weight is 332 g/mol. The minimum Gasteiger partial charge on any atom is -0.482 e. The molecule has 0 bridgehead atoms. The molecule has 1 fully saturated rings. The molecule has 2 aliphatic heterocycles. The molecule has 0 radical (unpaired) electrons. The Balaban J connectivity index is 1.64. The van der Waals surface area contributed by atoms with Gasteiger partial charge in [0.15, 0.2) is 6.61 Å². The summed E-state index contributed by atoms with van der Waals surface area (Å²) in [7, 11) is 0. The number of hydrogen-bond acceptors (Lipinski definition) is 4. The minimum absolute atomic E-state index is 0.0159. The minimum atomic E-state index is -0.118. The summed E-state index contributed by atoms with van der Waals surface area (Å²) in [6.45, 7) is 1.23. The summed E-state index contributed by atoms with van der Waals surface area (Å²) in [6, 6.07) is 7.53. The molecule has 1 aromatic carbocycles. The van der Waals surface area contributed by atoms with Gasteiger partial charge in [-0.3, -0.25) is 9.59 Å². The van der Waals surface area contributed by atoms with Crippen molar-refractivity contribution in [2.24, 2.45) is 0 Å². The smallest absolute Gasteiger partial charge is 0.265 e. The molecule has 130 valence electrons. The molecule has 1 unspecified atom stereocenters. The van der Waals surface area contributed by atoms with Gasteiger partial charge in [0, 0.05) is 32.2 Å². The van der Waals surface area contributed by atoms with Crippen molar-refractivity contribution in [1.82, 2.24) is 4.90 Å². The number of aliphatic hydroxyl groups excluding tert-OH is 1. The Morgan fingerprint density at radius 3 is 2.96 bits per heavy atom. The molecule has 1 N–H and O–H groups in total. The number of piperidine rings is 1. The van der Waals surface area contributed by atoms with Crippen LogP contribution in [0.2, 0.25) is 0 Å². The zero-order valence-corrected chi connectivity index (χ0v) is 13.8. The van der Waals surface area contributed by atoms with Crippen LogP contribution in [-0.2, 0) is 9.59 Å². The molecule has 0 spiro atoms. The van der Waals surface area contributed by atoms with Crippen molar-refractivity contribution < 1.29 is 19.4 Å². The Bertz CT molecular complexity index is 602. The number of para-hydroxylation sites is 2. The molecule has 0 saturated carbocycles. The Morgan fingerprint density at radius 2 is 2.12 bits per heavy atom. The largest absolute Gasteiger partial charge is 0.482 e. The summed E-state index contributed by atoms with van der Waals surface area (Å²) in [5.74, 6) is 0.623. The van der Waals surface area contributed by atoms with E-state index >= 15 is 0 Å². The maximum atomic E-state index is 12.6. The van der Waals surface area contributed by atoms with Crippen molar-refractivity contribution in [3.05, 3.63) is 24.3 Å². The second kappa shape index (κ2) is 7.66. The highest BCUT2D eigenvalue weighted by molar-refractivity contribution is 5.98. The Kier molecular flexibility index (Phi) is 5.35. The number of likely N-dealkylation sites (tertiary alicyclic amines) is 1.